The summed E-state index contributed by atoms with van der Waals surface area (Å²) in [5.41, 5.74) is 16.4. The highest BCUT2D eigenvalue weighted by Gasteiger charge is 2.17. The number of rotatable bonds is 8. The summed E-state index contributed by atoms with van der Waals surface area (Å²) in [6.07, 6.45) is 0. The highest BCUT2D eigenvalue weighted by molar-refractivity contribution is 6.09. The van der Waals surface area contributed by atoms with Crippen molar-refractivity contribution in [1.29, 1.82) is 0 Å². The standard InChI is InChI=1S/C58H40N2/c1-2-15-41(16-3-1)46-20-13-22-50(40-46)59(49-37-33-44(34-38-49)52-27-14-18-43-17-4-5-23-51(43)52)48-35-31-42(32-36-48)45-19-12-21-47(39-45)53-24-6-9-28-56(53)60-57-29-10-7-25-54(57)55-26-8-11-30-58(55)60/h1-40H. The van der Waals surface area contributed by atoms with Crippen molar-refractivity contribution in [3.05, 3.63) is 243 Å². The molecule has 282 valence electrons. The Kier molecular flexibility index (Phi) is 8.87. The second-order valence-corrected chi connectivity index (χ2v) is 15.3. The second kappa shape index (κ2) is 15.1. The smallest absolute Gasteiger partial charge is 0.0541 e. The third-order valence-corrected chi connectivity index (χ3v) is 11.8. The molecule has 0 bridgehead atoms. The molecule has 0 N–H and O–H groups in total. The van der Waals surface area contributed by atoms with Crippen molar-refractivity contribution in [3.63, 3.8) is 0 Å². The zero-order chi connectivity index (χ0) is 39.8. The van der Waals surface area contributed by atoms with Crippen LogP contribution < -0.4 is 4.90 Å². The quantitative estimate of drug-likeness (QED) is 0.150. The summed E-state index contributed by atoms with van der Waals surface area (Å²) in [6.45, 7) is 0. The van der Waals surface area contributed by atoms with Crippen molar-refractivity contribution in [1.82, 2.24) is 4.57 Å². The van der Waals surface area contributed by atoms with Crippen LogP contribution in [-0.4, -0.2) is 4.57 Å². The van der Waals surface area contributed by atoms with Crippen molar-refractivity contribution in [2.75, 3.05) is 4.90 Å². The average Bonchev–Trinajstić information content (AvgIpc) is 3.67. The molecule has 0 aliphatic carbocycles. The first-order chi connectivity index (χ1) is 29.8. The highest BCUT2D eigenvalue weighted by atomic mass is 15.1. The molecule has 1 heterocycles. The Morgan fingerprint density at radius 2 is 0.750 bits per heavy atom. The van der Waals surface area contributed by atoms with Gasteiger partial charge in [0.05, 0.1) is 16.7 Å². The minimum atomic E-state index is 1.09. The van der Waals surface area contributed by atoms with E-state index in [2.05, 4.69) is 252 Å². The molecule has 11 rings (SSSR count). The van der Waals surface area contributed by atoms with Gasteiger partial charge in [-0.25, -0.2) is 0 Å². The van der Waals surface area contributed by atoms with Crippen molar-refractivity contribution in [2.24, 2.45) is 0 Å². The fourth-order valence-electron chi connectivity index (χ4n) is 8.93. The summed E-state index contributed by atoms with van der Waals surface area (Å²) in [4.78, 5) is 2.36. The van der Waals surface area contributed by atoms with Crippen LogP contribution in [0.3, 0.4) is 0 Å². The zero-order valence-corrected chi connectivity index (χ0v) is 33.0. The maximum atomic E-state index is 2.41. The van der Waals surface area contributed by atoms with Crippen LogP contribution in [0.15, 0.2) is 243 Å². The first-order valence-corrected chi connectivity index (χ1v) is 20.6. The summed E-state index contributed by atoms with van der Waals surface area (Å²) in [6, 6.07) is 87.8. The predicted molar refractivity (Wildman–Crippen MR) is 255 cm³/mol. The predicted octanol–water partition coefficient (Wildman–Crippen LogP) is 16.1. The van der Waals surface area contributed by atoms with E-state index in [1.807, 2.05) is 0 Å². The van der Waals surface area contributed by atoms with Gasteiger partial charge in [-0.3, -0.25) is 0 Å². The van der Waals surface area contributed by atoms with Crippen molar-refractivity contribution >= 4 is 49.6 Å². The Balaban J connectivity index is 0.975. The summed E-state index contributed by atoms with van der Waals surface area (Å²) < 4.78 is 2.41. The van der Waals surface area contributed by atoms with Crippen LogP contribution in [-0.2, 0) is 0 Å². The van der Waals surface area contributed by atoms with E-state index < -0.39 is 0 Å². The largest absolute Gasteiger partial charge is 0.310 e. The van der Waals surface area contributed by atoms with E-state index in [-0.39, 0.29) is 0 Å². The van der Waals surface area contributed by atoms with E-state index in [1.54, 1.807) is 0 Å². The fourth-order valence-corrected chi connectivity index (χ4v) is 8.93. The molecule has 0 amide bonds. The van der Waals surface area contributed by atoms with Crippen LogP contribution in [0.1, 0.15) is 0 Å². The number of hydrogen-bond acceptors (Lipinski definition) is 1. The summed E-state index contributed by atoms with van der Waals surface area (Å²) in [5, 5.41) is 5.03. The first kappa shape index (κ1) is 35.2. The highest BCUT2D eigenvalue weighted by Crippen LogP contribution is 2.41. The molecule has 0 radical (unpaired) electrons. The molecule has 0 aliphatic rings. The third-order valence-electron chi connectivity index (χ3n) is 11.8. The Morgan fingerprint density at radius 1 is 0.267 bits per heavy atom. The van der Waals surface area contributed by atoms with Gasteiger partial charge in [-0.15, -0.1) is 0 Å². The third kappa shape index (κ3) is 6.32. The lowest BCUT2D eigenvalue weighted by Crippen LogP contribution is -2.10. The topological polar surface area (TPSA) is 8.17 Å². The number of anilines is 3. The van der Waals surface area contributed by atoms with Gasteiger partial charge in [0.15, 0.2) is 0 Å². The van der Waals surface area contributed by atoms with Gasteiger partial charge in [0, 0.05) is 33.4 Å². The number of hydrogen-bond donors (Lipinski definition) is 0. The van der Waals surface area contributed by atoms with E-state index in [0.717, 1.165) is 17.1 Å². The van der Waals surface area contributed by atoms with Gasteiger partial charge >= 0.3 is 0 Å². The maximum absolute atomic E-state index is 2.41. The van der Waals surface area contributed by atoms with Crippen LogP contribution in [0.4, 0.5) is 17.1 Å². The van der Waals surface area contributed by atoms with Gasteiger partial charge in [-0.05, 0) is 110 Å². The molecular formula is C58H40N2. The molecule has 0 unspecified atom stereocenters. The van der Waals surface area contributed by atoms with Gasteiger partial charge in [-0.1, -0.05) is 182 Å². The molecule has 2 heteroatoms. The lowest BCUT2D eigenvalue weighted by molar-refractivity contribution is 1.18. The number of nitrogens with zero attached hydrogens (tertiary/aromatic N) is 2. The van der Waals surface area contributed by atoms with E-state index >= 15 is 0 Å². The number of fused-ring (bicyclic) bond motifs is 4. The Morgan fingerprint density at radius 3 is 1.48 bits per heavy atom. The van der Waals surface area contributed by atoms with Crippen LogP contribution in [0.5, 0.6) is 0 Å². The van der Waals surface area contributed by atoms with Gasteiger partial charge in [0.1, 0.15) is 0 Å². The number of aromatic nitrogens is 1. The molecule has 0 spiro atoms. The van der Waals surface area contributed by atoms with E-state index in [0.29, 0.717) is 0 Å². The normalized spacial score (nSPS) is 11.3. The Bertz CT molecular complexity index is 3240. The first-order valence-electron chi connectivity index (χ1n) is 20.6. The minimum Gasteiger partial charge on any atom is -0.310 e. The van der Waals surface area contributed by atoms with Gasteiger partial charge < -0.3 is 9.47 Å². The average molecular weight is 765 g/mol. The molecular weight excluding hydrogens is 725 g/mol. The number of para-hydroxylation sites is 3. The molecule has 0 saturated carbocycles. The molecule has 60 heavy (non-hydrogen) atoms. The lowest BCUT2D eigenvalue weighted by atomic mass is 9.97. The zero-order valence-electron chi connectivity index (χ0n) is 33.0. The van der Waals surface area contributed by atoms with Crippen LogP contribution in [0, 0.1) is 0 Å². The maximum Gasteiger partial charge on any atom is 0.0541 e. The van der Waals surface area contributed by atoms with Crippen molar-refractivity contribution in [3.8, 4) is 50.2 Å². The van der Waals surface area contributed by atoms with Crippen LogP contribution in [0.25, 0.3) is 82.8 Å². The van der Waals surface area contributed by atoms with Gasteiger partial charge in [-0.2, -0.15) is 0 Å². The molecule has 10 aromatic carbocycles. The summed E-state index contributed by atoms with van der Waals surface area (Å²) in [7, 11) is 0. The second-order valence-electron chi connectivity index (χ2n) is 15.3. The Hall–Kier alpha value is -7.94. The molecule has 2 nitrogen and oxygen atoms in total. The number of benzene rings is 10. The van der Waals surface area contributed by atoms with Crippen LogP contribution >= 0.6 is 0 Å². The van der Waals surface area contributed by atoms with E-state index in [9.17, 15) is 0 Å². The Labute approximate surface area is 350 Å². The molecule has 11 aromatic rings. The van der Waals surface area contributed by atoms with E-state index in [1.165, 1.54) is 82.8 Å². The molecule has 0 saturated heterocycles. The van der Waals surface area contributed by atoms with E-state index in [4.69, 9.17) is 0 Å². The van der Waals surface area contributed by atoms with Gasteiger partial charge in [0.2, 0.25) is 0 Å². The lowest BCUT2D eigenvalue weighted by Gasteiger charge is -2.26. The van der Waals surface area contributed by atoms with Gasteiger partial charge in [0.25, 0.3) is 0 Å². The fraction of sp³-hybridized carbons (Fsp3) is 0. The minimum absolute atomic E-state index is 1.09. The van der Waals surface area contributed by atoms with Crippen LogP contribution in [0.2, 0.25) is 0 Å². The molecule has 0 aliphatic heterocycles. The summed E-state index contributed by atoms with van der Waals surface area (Å²) in [5.74, 6) is 0. The summed E-state index contributed by atoms with van der Waals surface area (Å²) >= 11 is 0. The molecule has 1 aromatic heterocycles. The SMILES string of the molecule is c1ccc(-c2cccc(N(c3ccc(-c4cccc(-c5ccccc5-n5c6ccccc6c6ccccc65)c4)cc3)c3ccc(-c4cccc5ccccc45)cc3)c2)cc1. The monoisotopic (exact) mass is 764 g/mol. The van der Waals surface area contributed by atoms with Crippen molar-refractivity contribution < 1.29 is 0 Å². The molecule has 0 atom stereocenters. The van der Waals surface area contributed by atoms with Crippen molar-refractivity contribution in [2.45, 2.75) is 0 Å². The molecule has 0 fully saturated rings.